The molecule has 0 aliphatic carbocycles. The molecule has 2 aliphatic heterocycles. The first-order valence-electron chi connectivity index (χ1n) is 26.2. The third-order valence-electron chi connectivity index (χ3n) is 11.5. The smallest absolute Gasteiger partial charge is 0.306 e. The van der Waals surface area contributed by atoms with Crippen LogP contribution in [0.3, 0.4) is 0 Å². The monoisotopic (exact) mass is 1010 g/mol. The van der Waals surface area contributed by atoms with E-state index in [1.54, 1.807) is 0 Å². The van der Waals surface area contributed by atoms with Gasteiger partial charge >= 0.3 is 11.9 Å². The fourth-order valence-corrected chi connectivity index (χ4v) is 7.29. The lowest BCUT2D eigenvalue weighted by atomic mass is 9.98. The highest BCUT2D eigenvalue weighted by Gasteiger charge is 2.47. The largest absolute Gasteiger partial charge is 0.462 e. The highest BCUT2D eigenvalue weighted by molar-refractivity contribution is 5.70. The number of hydrogen-bond donors (Lipinski definition) is 7. The van der Waals surface area contributed by atoms with Gasteiger partial charge in [-0.2, -0.15) is 0 Å². The SMILES string of the molecule is CC/C=C/C=C/C=C/C=C/CCCCCC(=O)OC(COC(=O)CCCCCC/C=C/C/C=C/C/C=C/C/C=C/C/C=C/C/C=C/CC)CO[C@@H]1O[C@H](CO[C@@H]2O[C@H](CO)[C@H](O)C(O)C2O)[C@H](O)C(O)C1O. The molecule has 5 unspecified atom stereocenters. The third-order valence-corrected chi connectivity index (χ3v) is 11.5. The molecule has 0 bridgehead atoms. The number of rotatable bonds is 38. The Morgan fingerprint density at radius 1 is 0.458 bits per heavy atom. The number of allylic oxidation sites excluding steroid dienone is 20. The van der Waals surface area contributed by atoms with Crippen LogP contribution in [0.2, 0.25) is 0 Å². The van der Waals surface area contributed by atoms with Crippen LogP contribution in [-0.4, -0.2) is 142 Å². The van der Waals surface area contributed by atoms with Gasteiger partial charge in [0.15, 0.2) is 18.7 Å². The number of unbranched alkanes of at least 4 members (excludes halogenated alkanes) is 7. The molecule has 0 radical (unpaired) electrons. The summed E-state index contributed by atoms with van der Waals surface area (Å²) in [6, 6.07) is 0. The highest BCUT2D eigenvalue weighted by Crippen LogP contribution is 2.26. The fourth-order valence-electron chi connectivity index (χ4n) is 7.29. The van der Waals surface area contributed by atoms with Crippen molar-refractivity contribution in [1.82, 2.24) is 0 Å². The number of aliphatic hydroxyl groups excluding tert-OH is 7. The third kappa shape index (κ3) is 29.6. The first-order valence-corrected chi connectivity index (χ1v) is 26.2. The van der Waals surface area contributed by atoms with Crippen LogP contribution in [0.1, 0.15) is 129 Å². The van der Waals surface area contributed by atoms with E-state index in [9.17, 15) is 45.3 Å². The minimum absolute atomic E-state index is 0.105. The molecule has 15 nitrogen and oxygen atoms in total. The van der Waals surface area contributed by atoms with E-state index in [0.29, 0.717) is 12.8 Å². The van der Waals surface area contributed by atoms with Crippen molar-refractivity contribution < 1.29 is 73.8 Å². The van der Waals surface area contributed by atoms with E-state index in [1.807, 2.05) is 36.5 Å². The number of aliphatic hydroxyl groups is 7. The predicted octanol–water partition coefficient (Wildman–Crippen LogP) is 7.71. The molecule has 2 heterocycles. The molecule has 0 amide bonds. The zero-order chi connectivity index (χ0) is 52.4. The zero-order valence-electron chi connectivity index (χ0n) is 42.9. The fraction of sp³-hybridized carbons (Fsp3) is 0.614. The summed E-state index contributed by atoms with van der Waals surface area (Å²) >= 11 is 0. The van der Waals surface area contributed by atoms with E-state index in [1.165, 1.54) is 0 Å². The van der Waals surface area contributed by atoms with Crippen molar-refractivity contribution in [1.29, 1.82) is 0 Å². The number of carbonyl (C=O) groups is 2. The van der Waals surface area contributed by atoms with Crippen LogP contribution in [0.4, 0.5) is 0 Å². The topological polar surface area (TPSA) is 231 Å². The van der Waals surface area contributed by atoms with E-state index in [2.05, 4.69) is 98.9 Å². The van der Waals surface area contributed by atoms with Crippen LogP contribution in [-0.2, 0) is 38.0 Å². The van der Waals surface area contributed by atoms with Crippen LogP contribution in [0, 0.1) is 0 Å². The molecule has 11 atom stereocenters. The van der Waals surface area contributed by atoms with Crippen LogP contribution < -0.4 is 0 Å². The van der Waals surface area contributed by atoms with Gasteiger partial charge in [-0.1, -0.05) is 155 Å². The molecule has 2 rings (SSSR count). The number of carbonyl (C=O) groups excluding carboxylic acids is 2. The normalized spacial score (nSPS) is 26.0. The molecule has 2 aliphatic rings. The van der Waals surface area contributed by atoms with Crippen LogP contribution in [0.25, 0.3) is 0 Å². The molecule has 0 aromatic rings. The minimum atomic E-state index is -1.78. The Balaban J connectivity index is 1.80. The quantitative estimate of drug-likeness (QED) is 0.0136. The summed E-state index contributed by atoms with van der Waals surface area (Å²) < 4.78 is 33.5. The van der Waals surface area contributed by atoms with Crippen LogP contribution in [0.15, 0.2) is 122 Å². The Kier molecular flexibility index (Phi) is 37.6. The number of ether oxygens (including phenoxy) is 6. The summed E-state index contributed by atoms with van der Waals surface area (Å²) in [6.07, 6.45) is 39.4. The summed E-state index contributed by atoms with van der Waals surface area (Å²) in [6.45, 7) is 2.23. The molecule has 0 saturated carbocycles. The van der Waals surface area contributed by atoms with Gasteiger partial charge in [0.1, 0.15) is 55.4 Å². The molecule has 15 heteroatoms. The van der Waals surface area contributed by atoms with Crippen molar-refractivity contribution in [3.05, 3.63) is 122 Å². The maximum absolute atomic E-state index is 13.0. The van der Waals surface area contributed by atoms with Gasteiger partial charge in [-0.25, -0.2) is 0 Å². The molecular weight excluding hydrogens is 925 g/mol. The molecule has 2 fully saturated rings. The zero-order valence-corrected chi connectivity index (χ0v) is 42.9. The lowest BCUT2D eigenvalue weighted by molar-refractivity contribution is -0.332. The Bertz CT molecular complexity index is 1710. The summed E-state index contributed by atoms with van der Waals surface area (Å²) in [5, 5.41) is 72.1. The van der Waals surface area contributed by atoms with E-state index >= 15 is 0 Å². The predicted molar refractivity (Wildman–Crippen MR) is 279 cm³/mol. The molecule has 0 aromatic heterocycles. The van der Waals surface area contributed by atoms with Crippen molar-refractivity contribution in [2.75, 3.05) is 26.4 Å². The average Bonchev–Trinajstić information content (AvgIpc) is 3.37. The lowest BCUT2D eigenvalue weighted by Gasteiger charge is -2.42. The van der Waals surface area contributed by atoms with Crippen molar-refractivity contribution in [3.8, 4) is 0 Å². The molecule has 72 heavy (non-hydrogen) atoms. The van der Waals surface area contributed by atoms with Crippen LogP contribution >= 0.6 is 0 Å². The van der Waals surface area contributed by atoms with Gasteiger partial charge in [-0.15, -0.1) is 0 Å². The highest BCUT2D eigenvalue weighted by atomic mass is 16.7. The molecular formula is C57H88O15. The second-order valence-electron chi connectivity index (χ2n) is 17.7. The molecule has 7 N–H and O–H groups in total. The van der Waals surface area contributed by atoms with Gasteiger partial charge in [0, 0.05) is 12.8 Å². The van der Waals surface area contributed by atoms with E-state index < -0.39 is 99.3 Å². The minimum Gasteiger partial charge on any atom is -0.462 e. The van der Waals surface area contributed by atoms with Gasteiger partial charge in [0.25, 0.3) is 0 Å². The van der Waals surface area contributed by atoms with Crippen molar-refractivity contribution >= 4 is 11.9 Å². The maximum Gasteiger partial charge on any atom is 0.306 e. The number of hydrogen-bond acceptors (Lipinski definition) is 15. The Labute approximate surface area is 429 Å². The standard InChI is InChI=1S/C57H88O15/c1-3-5-7-9-11-13-15-17-18-19-20-21-22-23-24-25-26-28-29-31-33-35-37-39-48(59)67-42-45(70-49(60)40-38-36-34-32-30-27-16-14-12-10-8-6-4-2)43-68-56-55(66)53(64)51(62)47(72-56)44-69-57-54(65)52(63)50(61)46(41-58)71-57/h5-8,10-14,16-18,20-21,23-24,26-28,30,45-47,50-58,61-66H,3-4,9,15,19,22,25,29,31-44H2,1-2H3/b7-5+,8-6+,12-10+,13-11+,16-14+,18-17+,21-20+,24-23+,28-26+,30-27+/t45?,46-,47-,50+,51+,52?,53?,54?,55?,56-,57-/m1/s1. The van der Waals surface area contributed by atoms with Crippen molar-refractivity contribution in [2.45, 2.75) is 197 Å². The summed E-state index contributed by atoms with van der Waals surface area (Å²) in [7, 11) is 0. The van der Waals surface area contributed by atoms with Gasteiger partial charge in [-0.05, 0) is 83.5 Å². The second kappa shape index (κ2) is 42.3. The Morgan fingerprint density at radius 3 is 1.47 bits per heavy atom. The summed E-state index contributed by atoms with van der Waals surface area (Å²) in [5.74, 6) is -1.02. The van der Waals surface area contributed by atoms with E-state index in [4.69, 9.17) is 28.4 Å². The van der Waals surface area contributed by atoms with Crippen molar-refractivity contribution in [3.63, 3.8) is 0 Å². The molecule has 2 saturated heterocycles. The van der Waals surface area contributed by atoms with Crippen LogP contribution in [0.5, 0.6) is 0 Å². The van der Waals surface area contributed by atoms with Gasteiger partial charge < -0.3 is 64.2 Å². The molecule has 0 aromatic carbocycles. The molecule has 0 spiro atoms. The average molecular weight is 1010 g/mol. The maximum atomic E-state index is 13.0. The van der Waals surface area contributed by atoms with E-state index in [-0.39, 0.29) is 19.4 Å². The first kappa shape index (κ1) is 64.0. The van der Waals surface area contributed by atoms with Gasteiger partial charge in [0.05, 0.1) is 19.8 Å². The Hall–Kier alpha value is -4.10. The van der Waals surface area contributed by atoms with Gasteiger partial charge in [-0.3, -0.25) is 9.59 Å². The lowest BCUT2D eigenvalue weighted by Crippen LogP contribution is -2.61. The van der Waals surface area contributed by atoms with Gasteiger partial charge in [0.2, 0.25) is 0 Å². The molecule has 406 valence electrons. The Morgan fingerprint density at radius 2 is 0.903 bits per heavy atom. The van der Waals surface area contributed by atoms with E-state index in [0.717, 1.165) is 89.9 Å². The summed E-state index contributed by atoms with van der Waals surface area (Å²) in [4.78, 5) is 25.8. The second-order valence-corrected chi connectivity index (χ2v) is 17.7. The number of esters is 2. The van der Waals surface area contributed by atoms with Crippen molar-refractivity contribution in [2.24, 2.45) is 0 Å². The first-order chi connectivity index (χ1) is 35.0. The summed E-state index contributed by atoms with van der Waals surface area (Å²) in [5.41, 5.74) is 0.